The van der Waals surface area contributed by atoms with Crippen molar-refractivity contribution in [1.82, 2.24) is 5.32 Å². The van der Waals surface area contributed by atoms with Gasteiger partial charge >= 0.3 is 0 Å². The van der Waals surface area contributed by atoms with E-state index in [1.807, 2.05) is 6.92 Å². The Hall–Kier alpha value is -0.130. The minimum atomic E-state index is -2.81. The fraction of sp³-hybridized carbons (Fsp3) is 1.00. The van der Waals surface area contributed by atoms with Gasteiger partial charge in [0.25, 0.3) is 0 Å². The maximum absolute atomic E-state index is 11.4. The lowest BCUT2D eigenvalue weighted by Gasteiger charge is -2.32. The summed E-state index contributed by atoms with van der Waals surface area (Å²) in [6, 6.07) is 0.331. The summed E-state index contributed by atoms with van der Waals surface area (Å²) < 4.78 is 28.2. The zero-order valence-electron chi connectivity index (χ0n) is 9.16. The fourth-order valence-corrected chi connectivity index (χ4v) is 4.58. The van der Waals surface area contributed by atoms with Crippen LogP contribution >= 0.6 is 0 Å². The molecule has 0 saturated carbocycles. The van der Waals surface area contributed by atoms with Crippen molar-refractivity contribution < 1.29 is 13.2 Å². The first-order valence-corrected chi connectivity index (χ1v) is 7.37. The summed E-state index contributed by atoms with van der Waals surface area (Å²) in [7, 11) is -2.81. The van der Waals surface area contributed by atoms with Crippen LogP contribution in [0.4, 0.5) is 0 Å². The zero-order valence-corrected chi connectivity index (χ0v) is 9.98. The lowest BCUT2D eigenvalue weighted by molar-refractivity contribution is 0.0609. The van der Waals surface area contributed by atoms with E-state index in [1.54, 1.807) is 0 Å². The SMILES string of the molecule is CC1(NC2CCCOC2)CCS(=O)(=O)C1. The lowest BCUT2D eigenvalue weighted by atomic mass is 9.99. The van der Waals surface area contributed by atoms with Gasteiger partial charge in [-0.3, -0.25) is 0 Å². The summed E-state index contributed by atoms with van der Waals surface area (Å²) in [6.45, 7) is 3.56. The van der Waals surface area contributed by atoms with Crippen molar-refractivity contribution >= 4 is 9.84 Å². The van der Waals surface area contributed by atoms with Crippen LogP contribution in [0.5, 0.6) is 0 Å². The molecule has 2 aliphatic rings. The van der Waals surface area contributed by atoms with Crippen LogP contribution in [0.3, 0.4) is 0 Å². The van der Waals surface area contributed by atoms with Gasteiger partial charge in [0, 0.05) is 18.2 Å². The van der Waals surface area contributed by atoms with Crippen LogP contribution in [0.1, 0.15) is 26.2 Å². The van der Waals surface area contributed by atoms with Crippen LogP contribution in [-0.2, 0) is 14.6 Å². The maximum atomic E-state index is 11.4. The zero-order chi connectivity index (χ0) is 10.9. The third kappa shape index (κ3) is 2.92. The van der Waals surface area contributed by atoms with E-state index < -0.39 is 9.84 Å². The Morgan fingerprint density at radius 1 is 1.47 bits per heavy atom. The third-order valence-corrected chi connectivity index (χ3v) is 5.12. The average molecular weight is 233 g/mol. The Bertz CT molecular complexity index is 322. The molecule has 0 aromatic carbocycles. The van der Waals surface area contributed by atoms with E-state index in [2.05, 4.69) is 5.32 Å². The quantitative estimate of drug-likeness (QED) is 0.747. The molecule has 2 rings (SSSR count). The fourth-order valence-electron chi connectivity index (χ4n) is 2.47. The van der Waals surface area contributed by atoms with E-state index in [0.717, 1.165) is 32.5 Å². The number of ether oxygens (including phenoxy) is 1. The van der Waals surface area contributed by atoms with Gasteiger partial charge in [-0.15, -0.1) is 0 Å². The Morgan fingerprint density at radius 3 is 2.80 bits per heavy atom. The number of sulfone groups is 1. The predicted molar refractivity (Wildman–Crippen MR) is 58.7 cm³/mol. The molecule has 2 heterocycles. The monoisotopic (exact) mass is 233 g/mol. The second-order valence-corrected chi connectivity index (χ2v) is 7.15. The summed E-state index contributed by atoms with van der Waals surface area (Å²) in [6.07, 6.45) is 2.89. The van der Waals surface area contributed by atoms with Gasteiger partial charge in [-0.05, 0) is 26.2 Å². The molecule has 0 aromatic heterocycles. The van der Waals surface area contributed by atoms with Crippen LogP contribution in [0.15, 0.2) is 0 Å². The van der Waals surface area contributed by atoms with Gasteiger partial charge in [-0.25, -0.2) is 8.42 Å². The second kappa shape index (κ2) is 4.03. The molecule has 1 N–H and O–H groups in total. The highest BCUT2D eigenvalue weighted by Gasteiger charge is 2.39. The van der Waals surface area contributed by atoms with Crippen molar-refractivity contribution in [2.75, 3.05) is 24.7 Å². The molecule has 5 heteroatoms. The Morgan fingerprint density at radius 2 is 2.27 bits per heavy atom. The molecule has 0 aliphatic carbocycles. The van der Waals surface area contributed by atoms with Crippen LogP contribution in [-0.4, -0.2) is 44.7 Å². The van der Waals surface area contributed by atoms with Crippen molar-refractivity contribution in [3.05, 3.63) is 0 Å². The standard InChI is InChI=1S/C10H19NO3S/c1-10(4-6-15(12,13)8-10)11-9-3-2-5-14-7-9/h9,11H,2-8H2,1H3. The number of nitrogens with one attached hydrogen (secondary N) is 1. The second-order valence-electron chi connectivity index (χ2n) is 4.96. The van der Waals surface area contributed by atoms with Gasteiger partial charge in [0.05, 0.1) is 18.1 Å². The minimum Gasteiger partial charge on any atom is -0.380 e. The number of hydrogen-bond acceptors (Lipinski definition) is 4. The molecule has 0 spiro atoms. The lowest BCUT2D eigenvalue weighted by Crippen LogP contribution is -2.51. The molecule has 0 radical (unpaired) electrons. The van der Waals surface area contributed by atoms with Gasteiger partial charge in [0.1, 0.15) is 0 Å². The molecule has 2 atom stereocenters. The van der Waals surface area contributed by atoms with E-state index in [9.17, 15) is 8.42 Å². The van der Waals surface area contributed by atoms with Crippen molar-refractivity contribution in [2.45, 2.75) is 37.8 Å². The van der Waals surface area contributed by atoms with Crippen LogP contribution in [0, 0.1) is 0 Å². The summed E-state index contributed by atoms with van der Waals surface area (Å²) in [5, 5.41) is 3.45. The molecular weight excluding hydrogens is 214 g/mol. The molecule has 0 bridgehead atoms. The van der Waals surface area contributed by atoms with Crippen LogP contribution in [0.25, 0.3) is 0 Å². The molecule has 2 unspecified atom stereocenters. The molecule has 2 fully saturated rings. The highest BCUT2D eigenvalue weighted by atomic mass is 32.2. The first-order chi connectivity index (χ1) is 6.99. The first-order valence-electron chi connectivity index (χ1n) is 5.55. The van der Waals surface area contributed by atoms with Gasteiger partial charge in [0.15, 0.2) is 9.84 Å². The highest BCUT2D eigenvalue weighted by Crippen LogP contribution is 2.24. The third-order valence-electron chi connectivity index (χ3n) is 3.22. The average Bonchev–Trinajstić information content (AvgIpc) is 2.42. The number of rotatable bonds is 2. The molecule has 2 aliphatic heterocycles. The Balaban J connectivity index is 1.93. The van der Waals surface area contributed by atoms with Gasteiger partial charge < -0.3 is 10.1 Å². The molecule has 88 valence electrons. The largest absolute Gasteiger partial charge is 0.380 e. The van der Waals surface area contributed by atoms with E-state index >= 15 is 0 Å². The molecule has 2 saturated heterocycles. The molecule has 4 nitrogen and oxygen atoms in total. The van der Waals surface area contributed by atoms with Crippen molar-refractivity contribution in [3.63, 3.8) is 0 Å². The normalized spacial score (nSPS) is 40.5. The summed E-state index contributed by atoms with van der Waals surface area (Å²) in [4.78, 5) is 0. The summed E-state index contributed by atoms with van der Waals surface area (Å²) >= 11 is 0. The van der Waals surface area contributed by atoms with Crippen LogP contribution in [0.2, 0.25) is 0 Å². The smallest absolute Gasteiger partial charge is 0.152 e. The van der Waals surface area contributed by atoms with E-state index in [0.29, 0.717) is 11.8 Å². The van der Waals surface area contributed by atoms with Crippen molar-refractivity contribution in [1.29, 1.82) is 0 Å². The van der Waals surface area contributed by atoms with Gasteiger partial charge in [0.2, 0.25) is 0 Å². The first kappa shape index (κ1) is 11.4. The molecule has 15 heavy (non-hydrogen) atoms. The molecular formula is C10H19NO3S. The Kier molecular flexibility index (Phi) is 3.05. The molecule has 0 aromatic rings. The van der Waals surface area contributed by atoms with Crippen LogP contribution < -0.4 is 5.32 Å². The number of hydrogen-bond donors (Lipinski definition) is 1. The topological polar surface area (TPSA) is 55.4 Å². The highest BCUT2D eigenvalue weighted by molar-refractivity contribution is 7.91. The summed E-state index contributed by atoms with van der Waals surface area (Å²) in [5.74, 6) is 0.598. The van der Waals surface area contributed by atoms with Gasteiger partial charge in [-0.2, -0.15) is 0 Å². The van der Waals surface area contributed by atoms with E-state index in [-0.39, 0.29) is 11.3 Å². The summed E-state index contributed by atoms with van der Waals surface area (Å²) in [5.41, 5.74) is -0.232. The minimum absolute atomic E-state index is 0.232. The Labute approximate surface area is 91.3 Å². The van der Waals surface area contributed by atoms with E-state index in [1.165, 1.54) is 0 Å². The predicted octanol–water partition coefficient (Wildman–Crippen LogP) is 0.332. The van der Waals surface area contributed by atoms with E-state index in [4.69, 9.17) is 4.74 Å². The van der Waals surface area contributed by atoms with Crippen molar-refractivity contribution in [3.8, 4) is 0 Å². The maximum Gasteiger partial charge on any atom is 0.152 e. The van der Waals surface area contributed by atoms with Crippen molar-refractivity contribution in [2.24, 2.45) is 0 Å². The molecule has 0 amide bonds. The van der Waals surface area contributed by atoms with Gasteiger partial charge in [-0.1, -0.05) is 0 Å².